The summed E-state index contributed by atoms with van der Waals surface area (Å²) in [5.41, 5.74) is 0.699. The lowest BCUT2D eigenvalue weighted by Gasteiger charge is -2.14. The zero-order valence-electron chi connectivity index (χ0n) is 7.85. The van der Waals surface area contributed by atoms with Crippen LogP contribution < -0.4 is 0 Å². The first-order chi connectivity index (χ1) is 6.38. The summed E-state index contributed by atoms with van der Waals surface area (Å²) >= 11 is 0. The van der Waals surface area contributed by atoms with E-state index >= 15 is 0 Å². The van der Waals surface area contributed by atoms with Crippen LogP contribution in [0, 0.1) is 0 Å². The summed E-state index contributed by atoms with van der Waals surface area (Å²) in [5, 5.41) is 0. The van der Waals surface area contributed by atoms with E-state index in [2.05, 4.69) is 4.98 Å². The molecule has 0 unspecified atom stereocenters. The van der Waals surface area contributed by atoms with Gasteiger partial charge in [0.15, 0.2) is 0 Å². The third-order valence-corrected chi connectivity index (χ3v) is 2.30. The van der Waals surface area contributed by atoms with E-state index in [9.17, 15) is 4.79 Å². The third-order valence-electron chi connectivity index (χ3n) is 2.30. The van der Waals surface area contributed by atoms with E-state index in [1.165, 1.54) is 0 Å². The number of amides is 1. The Morgan fingerprint density at radius 1 is 1.36 bits per heavy atom. The largest absolute Gasteiger partial charge is 0.339 e. The Morgan fingerprint density at radius 3 is 2.64 bits per heavy atom. The molecule has 1 saturated heterocycles. The molecule has 0 aromatic carbocycles. The van der Waals surface area contributed by atoms with Crippen molar-refractivity contribution < 1.29 is 4.79 Å². The van der Waals surface area contributed by atoms with Crippen LogP contribution in [0.5, 0.6) is 0 Å². The molecule has 14 heavy (non-hydrogen) atoms. The maximum absolute atomic E-state index is 11.7. The Hall–Kier alpha value is -1.09. The Kier molecular flexibility index (Phi) is 3.89. The Morgan fingerprint density at radius 2 is 2.07 bits per heavy atom. The normalized spacial score (nSPS) is 15.0. The molecular weight excluding hydrogens is 200 g/mol. The van der Waals surface area contributed by atoms with Gasteiger partial charge >= 0.3 is 0 Å². The zero-order valence-corrected chi connectivity index (χ0v) is 8.67. The molecule has 0 N–H and O–H groups in total. The number of hydrogen-bond donors (Lipinski definition) is 0. The highest BCUT2D eigenvalue weighted by Gasteiger charge is 2.18. The Bertz CT molecular complexity index is 296. The Balaban J connectivity index is 0.000000980. The highest BCUT2D eigenvalue weighted by Crippen LogP contribution is 2.11. The fraction of sp³-hybridized carbons (Fsp3) is 0.400. The Labute approximate surface area is 89.5 Å². The number of pyridine rings is 1. The van der Waals surface area contributed by atoms with Gasteiger partial charge in [-0.3, -0.25) is 9.78 Å². The summed E-state index contributed by atoms with van der Waals surface area (Å²) in [6.45, 7) is 1.79. The van der Waals surface area contributed by atoms with E-state index in [1.807, 2.05) is 11.0 Å². The molecule has 1 aromatic rings. The van der Waals surface area contributed by atoms with Crippen molar-refractivity contribution in [3.63, 3.8) is 0 Å². The average molecular weight is 213 g/mol. The topological polar surface area (TPSA) is 33.2 Å². The fourth-order valence-corrected chi connectivity index (χ4v) is 1.59. The predicted molar refractivity (Wildman–Crippen MR) is 56.6 cm³/mol. The highest BCUT2D eigenvalue weighted by atomic mass is 35.5. The van der Waals surface area contributed by atoms with Gasteiger partial charge in [-0.25, -0.2) is 0 Å². The van der Waals surface area contributed by atoms with Crippen LogP contribution in [0.1, 0.15) is 23.2 Å². The minimum absolute atomic E-state index is 0. The van der Waals surface area contributed by atoms with Gasteiger partial charge in [-0.2, -0.15) is 0 Å². The second-order valence-corrected chi connectivity index (χ2v) is 3.24. The number of nitrogens with zero attached hydrogens (tertiary/aromatic N) is 2. The van der Waals surface area contributed by atoms with Crippen LogP contribution in [0.4, 0.5) is 0 Å². The first-order valence-corrected chi connectivity index (χ1v) is 4.57. The van der Waals surface area contributed by atoms with Crippen molar-refractivity contribution in [2.24, 2.45) is 0 Å². The van der Waals surface area contributed by atoms with Gasteiger partial charge in [-0.15, -0.1) is 12.4 Å². The van der Waals surface area contributed by atoms with Crippen molar-refractivity contribution in [2.75, 3.05) is 13.1 Å². The second-order valence-electron chi connectivity index (χ2n) is 3.24. The van der Waals surface area contributed by atoms with Gasteiger partial charge < -0.3 is 4.90 Å². The molecule has 2 heterocycles. The molecule has 3 nitrogen and oxygen atoms in total. The quantitative estimate of drug-likeness (QED) is 0.711. The van der Waals surface area contributed by atoms with Crippen molar-refractivity contribution in [2.45, 2.75) is 12.8 Å². The van der Waals surface area contributed by atoms with Crippen LogP contribution in [-0.2, 0) is 0 Å². The summed E-state index contributed by atoms with van der Waals surface area (Å²) < 4.78 is 0. The van der Waals surface area contributed by atoms with E-state index < -0.39 is 0 Å². The number of halogens is 1. The molecule has 0 aliphatic carbocycles. The van der Waals surface area contributed by atoms with Gasteiger partial charge in [-0.1, -0.05) is 0 Å². The van der Waals surface area contributed by atoms with Gasteiger partial charge in [0.2, 0.25) is 0 Å². The molecule has 4 heteroatoms. The van der Waals surface area contributed by atoms with Gasteiger partial charge in [-0.05, 0) is 25.0 Å². The molecule has 1 aliphatic rings. The molecule has 1 amide bonds. The molecule has 0 saturated carbocycles. The first-order valence-electron chi connectivity index (χ1n) is 4.57. The first kappa shape index (κ1) is 11.0. The number of likely N-dealkylation sites (tertiary alicyclic amines) is 1. The van der Waals surface area contributed by atoms with Crippen molar-refractivity contribution in [3.05, 3.63) is 30.1 Å². The molecule has 0 spiro atoms. The molecule has 76 valence electrons. The van der Waals surface area contributed by atoms with Gasteiger partial charge in [0.25, 0.3) is 5.91 Å². The van der Waals surface area contributed by atoms with Gasteiger partial charge in [0.1, 0.15) is 0 Å². The van der Waals surface area contributed by atoms with Crippen LogP contribution >= 0.6 is 12.4 Å². The van der Waals surface area contributed by atoms with Crippen molar-refractivity contribution in [3.8, 4) is 0 Å². The number of rotatable bonds is 1. The summed E-state index contributed by atoms with van der Waals surface area (Å²) in [4.78, 5) is 17.5. The number of aromatic nitrogens is 1. The molecule has 0 bridgehead atoms. The van der Waals surface area contributed by atoms with E-state index in [4.69, 9.17) is 0 Å². The van der Waals surface area contributed by atoms with Crippen LogP contribution in [0.3, 0.4) is 0 Å². The fourth-order valence-electron chi connectivity index (χ4n) is 1.59. The smallest absolute Gasteiger partial charge is 0.255 e. The maximum atomic E-state index is 11.7. The molecule has 0 atom stereocenters. The van der Waals surface area contributed by atoms with Crippen LogP contribution in [-0.4, -0.2) is 28.9 Å². The molecule has 1 fully saturated rings. The van der Waals surface area contributed by atoms with Crippen LogP contribution in [0.15, 0.2) is 24.5 Å². The molecule has 0 radical (unpaired) electrons. The number of carbonyl (C=O) groups excluding carboxylic acids is 1. The number of carbonyl (C=O) groups is 1. The van der Waals surface area contributed by atoms with E-state index in [0.29, 0.717) is 5.56 Å². The lowest BCUT2D eigenvalue weighted by Crippen LogP contribution is -2.27. The van der Waals surface area contributed by atoms with E-state index in [0.717, 1.165) is 25.9 Å². The summed E-state index contributed by atoms with van der Waals surface area (Å²) in [5.74, 6) is 0.116. The lowest BCUT2D eigenvalue weighted by molar-refractivity contribution is 0.0792. The molecule has 2 rings (SSSR count). The summed E-state index contributed by atoms with van der Waals surface area (Å²) in [7, 11) is 0. The van der Waals surface area contributed by atoms with Crippen molar-refractivity contribution in [1.82, 2.24) is 9.88 Å². The summed E-state index contributed by atoms with van der Waals surface area (Å²) in [6, 6.07) is 3.61. The van der Waals surface area contributed by atoms with Crippen molar-refractivity contribution in [1.29, 1.82) is 0 Å². The van der Waals surface area contributed by atoms with E-state index in [-0.39, 0.29) is 18.3 Å². The summed E-state index contributed by atoms with van der Waals surface area (Å²) in [6.07, 6.45) is 5.57. The molecule has 1 aromatic heterocycles. The van der Waals surface area contributed by atoms with Gasteiger partial charge in [0.05, 0.1) is 5.56 Å². The van der Waals surface area contributed by atoms with E-state index in [1.54, 1.807) is 18.5 Å². The number of hydrogen-bond acceptors (Lipinski definition) is 2. The predicted octanol–water partition coefficient (Wildman–Crippen LogP) is 1.74. The second kappa shape index (κ2) is 4.96. The minimum atomic E-state index is 0. The average Bonchev–Trinajstić information content (AvgIpc) is 2.71. The maximum Gasteiger partial charge on any atom is 0.255 e. The third kappa shape index (κ3) is 2.23. The lowest BCUT2D eigenvalue weighted by atomic mass is 10.2. The highest BCUT2D eigenvalue weighted by molar-refractivity contribution is 5.93. The standard InChI is InChI=1S/C10H12N2O.ClH/c13-10(12-6-1-2-7-12)9-4-3-5-11-8-9;/h3-5,8H,1-2,6-7H2;1H. The van der Waals surface area contributed by atoms with Crippen LogP contribution in [0.2, 0.25) is 0 Å². The molecular formula is C10H13ClN2O. The monoisotopic (exact) mass is 212 g/mol. The SMILES string of the molecule is Cl.O=C(c1cccnc1)N1CCCC1. The zero-order chi connectivity index (χ0) is 9.10. The molecule has 1 aliphatic heterocycles. The van der Waals surface area contributed by atoms with Crippen LogP contribution in [0.25, 0.3) is 0 Å². The van der Waals surface area contributed by atoms with Crippen molar-refractivity contribution >= 4 is 18.3 Å². The van der Waals surface area contributed by atoms with Gasteiger partial charge in [0, 0.05) is 25.5 Å². The minimum Gasteiger partial charge on any atom is -0.339 e.